The third-order valence-corrected chi connectivity index (χ3v) is 2.77. The lowest BCUT2D eigenvalue weighted by molar-refractivity contribution is 0.0686. The fourth-order valence-electron chi connectivity index (χ4n) is 1.82. The van der Waals surface area contributed by atoms with E-state index >= 15 is 0 Å². The zero-order valence-electron chi connectivity index (χ0n) is 11.0. The molecule has 0 aliphatic carbocycles. The third-order valence-electron chi connectivity index (χ3n) is 2.77. The Balaban J connectivity index is 2.34. The average Bonchev–Trinajstić information content (AvgIpc) is 2.78. The first-order valence-corrected chi connectivity index (χ1v) is 6.11. The minimum atomic E-state index is -0.986. The van der Waals surface area contributed by atoms with Gasteiger partial charge in [0.25, 0.3) is 0 Å². The molecule has 0 atom stereocenters. The van der Waals surface area contributed by atoms with Gasteiger partial charge in [-0.05, 0) is 18.6 Å². The number of carboxylic acid groups (broad SMARTS) is 1. The first-order valence-electron chi connectivity index (χ1n) is 6.11. The highest BCUT2D eigenvalue weighted by molar-refractivity contribution is 5.86. The number of ether oxygens (including phenoxy) is 1. The van der Waals surface area contributed by atoms with Crippen LogP contribution in [-0.4, -0.2) is 27.2 Å². The van der Waals surface area contributed by atoms with Crippen molar-refractivity contribution in [1.82, 2.24) is 9.55 Å². The van der Waals surface area contributed by atoms with Crippen LogP contribution in [0.4, 0.5) is 0 Å². The van der Waals surface area contributed by atoms with Gasteiger partial charge < -0.3 is 14.4 Å². The van der Waals surface area contributed by atoms with E-state index in [1.54, 1.807) is 11.6 Å². The molecule has 0 spiro atoms. The van der Waals surface area contributed by atoms with Gasteiger partial charge in [-0.2, -0.15) is 0 Å². The number of hydrogen-bond acceptors (Lipinski definition) is 3. The Bertz CT molecular complexity index is 590. The number of benzene rings is 1. The van der Waals surface area contributed by atoms with E-state index in [1.807, 2.05) is 31.2 Å². The molecule has 0 radical (unpaired) electrons. The lowest BCUT2D eigenvalue weighted by Gasteiger charge is -2.07. The van der Waals surface area contributed by atoms with E-state index in [2.05, 4.69) is 4.98 Å². The van der Waals surface area contributed by atoms with Crippen LogP contribution in [0.1, 0.15) is 23.8 Å². The monoisotopic (exact) mass is 260 g/mol. The Morgan fingerprint density at radius 1 is 1.47 bits per heavy atom. The van der Waals surface area contributed by atoms with Gasteiger partial charge in [-0.3, -0.25) is 0 Å². The molecule has 1 aromatic heterocycles. The minimum Gasteiger partial charge on any atom is -0.494 e. The highest BCUT2D eigenvalue weighted by atomic mass is 16.5. The van der Waals surface area contributed by atoms with Gasteiger partial charge in [0.15, 0.2) is 0 Å². The van der Waals surface area contributed by atoms with Crippen molar-refractivity contribution < 1.29 is 14.6 Å². The number of hydrogen-bond donors (Lipinski definition) is 1. The summed E-state index contributed by atoms with van der Waals surface area (Å²) in [6.07, 6.45) is 2.30. The summed E-state index contributed by atoms with van der Waals surface area (Å²) in [4.78, 5) is 15.1. The van der Waals surface area contributed by atoms with E-state index in [-0.39, 0.29) is 5.69 Å². The molecule has 0 saturated carbocycles. The van der Waals surface area contributed by atoms with Crippen LogP contribution in [0, 0.1) is 0 Å². The quantitative estimate of drug-likeness (QED) is 0.897. The maximum atomic E-state index is 11.0. The molecular weight excluding hydrogens is 244 g/mol. The van der Waals surface area contributed by atoms with Crippen molar-refractivity contribution in [1.29, 1.82) is 0 Å². The second kappa shape index (κ2) is 5.56. The van der Waals surface area contributed by atoms with Crippen LogP contribution in [-0.2, 0) is 7.05 Å². The SMILES string of the molecule is CCCOc1cccc(-c2ncc(C(=O)O)n2C)c1. The molecule has 0 saturated heterocycles. The van der Waals surface area contributed by atoms with Crippen LogP contribution in [0.3, 0.4) is 0 Å². The van der Waals surface area contributed by atoms with Gasteiger partial charge >= 0.3 is 5.97 Å². The molecular formula is C14H16N2O3. The molecule has 5 nitrogen and oxygen atoms in total. The number of rotatable bonds is 5. The summed E-state index contributed by atoms with van der Waals surface area (Å²) in [6, 6.07) is 7.49. The number of carboxylic acids is 1. The van der Waals surface area contributed by atoms with Crippen LogP contribution in [0.5, 0.6) is 5.75 Å². The smallest absolute Gasteiger partial charge is 0.354 e. The fraction of sp³-hybridized carbons (Fsp3) is 0.286. The second-order valence-electron chi connectivity index (χ2n) is 4.21. The second-order valence-corrected chi connectivity index (χ2v) is 4.21. The standard InChI is InChI=1S/C14H16N2O3/c1-3-7-19-11-6-4-5-10(8-11)13-15-9-12(14(17)18)16(13)2/h4-6,8-9H,3,7H2,1-2H3,(H,17,18). The molecule has 1 heterocycles. The molecule has 0 aliphatic heterocycles. The molecule has 0 amide bonds. The summed E-state index contributed by atoms with van der Waals surface area (Å²) in [7, 11) is 1.69. The van der Waals surface area contributed by atoms with E-state index < -0.39 is 5.97 Å². The Labute approximate surface area is 111 Å². The van der Waals surface area contributed by atoms with Crippen LogP contribution < -0.4 is 4.74 Å². The summed E-state index contributed by atoms with van der Waals surface area (Å²) >= 11 is 0. The van der Waals surface area contributed by atoms with Crippen molar-refractivity contribution in [2.75, 3.05) is 6.61 Å². The third kappa shape index (κ3) is 2.76. The summed E-state index contributed by atoms with van der Waals surface area (Å²) in [5, 5.41) is 9.01. The summed E-state index contributed by atoms with van der Waals surface area (Å²) < 4.78 is 7.11. The number of aromatic nitrogens is 2. The Morgan fingerprint density at radius 2 is 2.26 bits per heavy atom. The van der Waals surface area contributed by atoms with Crippen molar-refractivity contribution >= 4 is 5.97 Å². The molecule has 2 aromatic rings. The summed E-state index contributed by atoms with van der Waals surface area (Å²) in [5.74, 6) is 0.387. The minimum absolute atomic E-state index is 0.162. The van der Waals surface area contributed by atoms with Crippen LogP contribution in [0.2, 0.25) is 0 Å². The zero-order valence-corrected chi connectivity index (χ0v) is 11.0. The molecule has 0 fully saturated rings. The lowest BCUT2D eigenvalue weighted by atomic mass is 10.2. The van der Waals surface area contributed by atoms with Crippen LogP contribution >= 0.6 is 0 Å². The van der Waals surface area contributed by atoms with E-state index in [4.69, 9.17) is 9.84 Å². The highest BCUT2D eigenvalue weighted by Gasteiger charge is 2.14. The first kappa shape index (κ1) is 13.1. The molecule has 1 aromatic carbocycles. The number of imidazole rings is 1. The molecule has 5 heteroatoms. The Kier molecular flexibility index (Phi) is 3.85. The van der Waals surface area contributed by atoms with E-state index in [1.165, 1.54) is 6.20 Å². The molecule has 19 heavy (non-hydrogen) atoms. The van der Waals surface area contributed by atoms with Gasteiger partial charge in [-0.1, -0.05) is 19.1 Å². The van der Waals surface area contributed by atoms with Crippen LogP contribution in [0.15, 0.2) is 30.5 Å². The van der Waals surface area contributed by atoms with Crippen molar-refractivity contribution in [2.45, 2.75) is 13.3 Å². The van der Waals surface area contributed by atoms with Gasteiger partial charge in [0.05, 0.1) is 12.8 Å². The van der Waals surface area contributed by atoms with E-state index in [9.17, 15) is 4.79 Å². The van der Waals surface area contributed by atoms with Gasteiger partial charge in [0, 0.05) is 12.6 Å². The normalized spacial score (nSPS) is 10.4. The predicted octanol–water partition coefficient (Wildman–Crippen LogP) is 2.57. The Morgan fingerprint density at radius 3 is 2.89 bits per heavy atom. The fourth-order valence-corrected chi connectivity index (χ4v) is 1.82. The predicted molar refractivity (Wildman–Crippen MR) is 71.4 cm³/mol. The molecule has 1 N–H and O–H groups in total. The van der Waals surface area contributed by atoms with Crippen molar-refractivity contribution in [2.24, 2.45) is 7.05 Å². The number of nitrogens with zero attached hydrogens (tertiary/aromatic N) is 2. The van der Waals surface area contributed by atoms with Gasteiger partial charge in [-0.15, -0.1) is 0 Å². The average molecular weight is 260 g/mol. The van der Waals surface area contributed by atoms with Gasteiger partial charge in [-0.25, -0.2) is 9.78 Å². The molecule has 0 aliphatic rings. The highest BCUT2D eigenvalue weighted by Crippen LogP contribution is 2.23. The number of carbonyl (C=O) groups is 1. The summed E-state index contributed by atoms with van der Waals surface area (Å²) in [6.45, 7) is 2.70. The number of aromatic carboxylic acids is 1. The molecule has 0 unspecified atom stereocenters. The molecule has 2 rings (SSSR count). The van der Waals surface area contributed by atoms with Crippen molar-refractivity contribution in [3.05, 3.63) is 36.2 Å². The first-order chi connectivity index (χ1) is 9.13. The zero-order chi connectivity index (χ0) is 13.8. The maximum absolute atomic E-state index is 11.0. The van der Waals surface area contributed by atoms with Gasteiger partial charge in [0.1, 0.15) is 17.3 Å². The van der Waals surface area contributed by atoms with Gasteiger partial charge in [0.2, 0.25) is 0 Å². The Hall–Kier alpha value is -2.30. The molecule has 100 valence electrons. The maximum Gasteiger partial charge on any atom is 0.354 e. The topological polar surface area (TPSA) is 64.3 Å². The van der Waals surface area contributed by atoms with Crippen LogP contribution in [0.25, 0.3) is 11.4 Å². The molecule has 0 bridgehead atoms. The largest absolute Gasteiger partial charge is 0.494 e. The summed E-state index contributed by atoms with van der Waals surface area (Å²) in [5.41, 5.74) is 0.999. The van der Waals surface area contributed by atoms with Crippen molar-refractivity contribution in [3.63, 3.8) is 0 Å². The lowest BCUT2D eigenvalue weighted by Crippen LogP contribution is -2.05. The van der Waals surface area contributed by atoms with E-state index in [0.717, 1.165) is 17.7 Å². The van der Waals surface area contributed by atoms with Crippen molar-refractivity contribution in [3.8, 4) is 17.1 Å². The van der Waals surface area contributed by atoms with E-state index in [0.29, 0.717) is 12.4 Å².